The fourth-order valence-electron chi connectivity index (χ4n) is 2.28. The van der Waals surface area contributed by atoms with Crippen molar-refractivity contribution in [3.8, 4) is 5.75 Å². The number of ether oxygens (including phenoxy) is 1. The van der Waals surface area contributed by atoms with Gasteiger partial charge in [-0.1, -0.05) is 11.6 Å². The smallest absolute Gasteiger partial charge is 0.131 e. The number of hydrogen-bond acceptors (Lipinski definition) is 3. The van der Waals surface area contributed by atoms with Crippen LogP contribution in [0.5, 0.6) is 5.75 Å². The topological polar surface area (TPSA) is 47.3 Å². The summed E-state index contributed by atoms with van der Waals surface area (Å²) in [6.07, 6.45) is -0.554. The first kappa shape index (κ1) is 16.0. The highest BCUT2D eigenvalue weighted by molar-refractivity contribution is 9.10. The van der Waals surface area contributed by atoms with Crippen LogP contribution in [-0.2, 0) is 13.2 Å². The Morgan fingerprint density at radius 1 is 1.38 bits per heavy atom. The Bertz CT molecular complexity index is 635. The van der Waals surface area contributed by atoms with Gasteiger partial charge in [0.25, 0.3) is 0 Å². The monoisotopic (exact) mass is 352 g/mol. The molecule has 0 unspecified atom stereocenters. The van der Waals surface area contributed by atoms with Crippen LogP contribution in [0.15, 0.2) is 22.7 Å². The summed E-state index contributed by atoms with van der Waals surface area (Å²) in [5, 5.41) is 14.3. The number of aliphatic hydroxyl groups is 1. The number of aryl methyl sites for hydroxylation is 3. The van der Waals surface area contributed by atoms with Gasteiger partial charge < -0.3 is 9.84 Å². The molecule has 2 aromatic rings. The average molecular weight is 353 g/mol. The second-order valence-corrected chi connectivity index (χ2v) is 5.96. The van der Waals surface area contributed by atoms with Crippen LogP contribution in [0.3, 0.4) is 0 Å². The highest BCUT2D eigenvalue weighted by atomic mass is 79.9. The molecule has 0 aliphatic carbocycles. The fraction of sp³-hybridized carbons (Fsp3) is 0.438. The zero-order valence-corrected chi connectivity index (χ0v) is 14.4. The number of rotatable bonds is 5. The Hall–Kier alpha value is -1.33. The Morgan fingerprint density at radius 2 is 2.10 bits per heavy atom. The maximum atomic E-state index is 9.88. The van der Waals surface area contributed by atoms with Gasteiger partial charge in [0.15, 0.2) is 0 Å². The van der Waals surface area contributed by atoms with E-state index < -0.39 is 6.10 Å². The molecule has 1 aromatic heterocycles. The van der Waals surface area contributed by atoms with Crippen molar-refractivity contribution in [1.82, 2.24) is 9.78 Å². The molecule has 1 N–H and O–H groups in total. The van der Waals surface area contributed by atoms with E-state index in [-0.39, 0.29) is 0 Å². The second kappa shape index (κ2) is 6.62. The lowest BCUT2D eigenvalue weighted by molar-refractivity contribution is 0.189. The van der Waals surface area contributed by atoms with Crippen molar-refractivity contribution in [2.45, 2.75) is 47.0 Å². The number of aliphatic hydroxyl groups excluding tert-OH is 1. The summed E-state index contributed by atoms with van der Waals surface area (Å²) in [6.45, 7) is 8.97. The number of aromatic nitrogens is 2. The molecule has 1 atom stereocenters. The lowest BCUT2D eigenvalue weighted by Crippen LogP contribution is -2.08. The lowest BCUT2D eigenvalue weighted by Gasteiger charge is -2.15. The van der Waals surface area contributed by atoms with Crippen LogP contribution in [-0.4, -0.2) is 14.9 Å². The van der Waals surface area contributed by atoms with Gasteiger partial charge in [0.2, 0.25) is 0 Å². The molecular weight excluding hydrogens is 332 g/mol. The van der Waals surface area contributed by atoms with Gasteiger partial charge in [-0.05, 0) is 55.8 Å². The Labute approximate surface area is 133 Å². The molecule has 21 heavy (non-hydrogen) atoms. The van der Waals surface area contributed by atoms with Gasteiger partial charge in [-0.3, -0.25) is 4.68 Å². The van der Waals surface area contributed by atoms with E-state index in [0.29, 0.717) is 12.4 Å². The van der Waals surface area contributed by atoms with Gasteiger partial charge in [0.1, 0.15) is 12.4 Å². The fourth-order valence-corrected chi connectivity index (χ4v) is 2.68. The first-order chi connectivity index (χ1) is 9.93. The zero-order chi connectivity index (χ0) is 15.6. The summed E-state index contributed by atoms with van der Waals surface area (Å²) in [5.74, 6) is 0.712. The zero-order valence-electron chi connectivity index (χ0n) is 12.9. The second-order valence-electron chi connectivity index (χ2n) is 5.17. The predicted octanol–water partition coefficient (Wildman–Crippen LogP) is 3.91. The maximum Gasteiger partial charge on any atom is 0.131 e. The van der Waals surface area contributed by atoms with Crippen LogP contribution in [0.1, 0.15) is 42.5 Å². The third kappa shape index (κ3) is 3.47. The number of benzene rings is 1. The first-order valence-electron chi connectivity index (χ1n) is 7.07. The van der Waals surface area contributed by atoms with Crippen LogP contribution >= 0.6 is 15.9 Å². The van der Waals surface area contributed by atoms with Crippen molar-refractivity contribution in [1.29, 1.82) is 0 Å². The van der Waals surface area contributed by atoms with Gasteiger partial charge in [-0.15, -0.1) is 0 Å². The van der Waals surface area contributed by atoms with Crippen LogP contribution in [0, 0.1) is 13.8 Å². The Kier molecular flexibility index (Phi) is 5.06. The molecule has 1 aromatic carbocycles. The first-order valence-corrected chi connectivity index (χ1v) is 7.86. The summed E-state index contributed by atoms with van der Waals surface area (Å²) in [7, 11) is 0. The van der Waals surface area contributed by atoms with E-state index in [9.17, 15) is 5.11 Å². The molecule has 0 fully saturated rings. The van der Waals surface area contributed by atoms with E-state index in [1.54, 1.807) is 6.92 Å². The van der Waals surface area contributed by atoms with Crippen molar-refractivity contribution < 1.29 is 9.84 Å². The summed E-state index contributed by atoms with van der Waals surface area (Å²) in [6, 6.07) is 5.85. The molecule has 0 saturated carbocycles. The predicted molar refractivity (Wildman–Crippen MR) is 86.5 cm³/mol. The molecule has 0 amide bonds. The molecule has 0 aliphatic heterocycles. The van der Waals surface area contributed by atoms with Gasteiger partial charge in [0.05, 0.1) is 22.0 Å². The highest BCUT2D eigenvalue weighted by Gasteiger charge is 2.15. The van der Waals surface area contributed by atoms with E-state index in [4.69, 9.17) is 4.74 Å². The number of hydrogen-bond donors (Lipinski definition) is 1. The van der Waals surface area contributed by atoms with E-state index >= 15 is 0 Å². The summed E-state index contributed by atoms with van der Waals surface area (Å²) < 4.78 is 8.83. The van der Waals surface area contributed by atoms with E-state index in [2.05, 4.69) is 28.0 Å². The molecule has 0 bridgehead atoms. The third-order valence-corrected chi connectivity index (χ3v) is 4.46. The summed E-state index contributed by atoms with van der Waals surface area (Å²) >= 11 is 3.56. The Morgan fingerprint density at radius 3 is 2.71 bits per heavy atom. The van der Waals surface area contributed by atoms with Gasteiger partial charge >= 0.3 is 0 Å². The van der Waals surface area contributed by atoms with Crippen LogP contribution < -0.4 is 4.74 Å². The third-order valence-electron chi connectivity index (χ3n) is 3.43. The van der Waals surface area contributed by atoms with Crippen molar-refractivity contribution >= 4 is 15.9 Å². The molecule has 2 rings (SSSR count). The standard InChI is InChI=1S/C16H21BrN2O2/c1-5-19-14(16(17)11(3)18-19)9-21-15-7-6-10(2)8-13(15)12(4)20/h6-8,12,20H,5,9H2,1-4H3/t12-/m1/s1. The molecule has 5 heteroatoms. The molecule has 114 valence electrons. The molecule has 0 spiro atoms. The highest BCUT2D eigenvalue weighted by Crippen LogP contribution is 2.28. The molecular formula is C16H21BrN2O2. The molecule has 0 aliphatic rings. The van der Waals surface area contributed by atoms with Gasteiger partial charge in [-0.25, -0.2) is 0 Å². The maximum absolute atomic E-state index is 9.88. The van der Waals surface area contributed by atoms with Crippen molar-refractivity contribution in [2.24, 2.45) is 0 Å². The molecule has 0 saturated heterocycles. The molecule has 1 heterocycles. The molecule has 4 nitrogen and oxygen atoms in total. The van der Waals surface area contributed by atoms with Crippen molar-refractivity contribution in [2.75, 3.05) is 0 Å². The lowest BCUT2D eigenvalue weighted by atomic mass is 10.1. The molecule has 0 radical (unpaired) electrons. The van der Waals surface area contributed by atoms with Crippen LogP contribution in [0.25, 0.3) is 0 Å². The quantitative estimate of drug-likeness (QED) is 0.887. The van der Waals surface area contributed by atoms with E-state index in [0.717, 1.165) is 33.5 Å². The number of nitrogens with zero attached hydrogens (tertiary/aromatic N) is 2. The van der Waals surface area contributed by atoms with E-state index in [1.165, 1.54) is 0 Å². The largest absolute Gasteiger partial charge is 0.487 e. The summed E-state index contributed by atoms with van der Waals surface area (Å²) in [5.41, 5.74) is 3.88. The van der Waals surface area contributed by atoms with Gasteiger partial charge in [-0.2, -0.15) is 5.10 Å². The minimum absolute atomic E-state index is 0.415. The minimum Gasteiger partial charge on any atom is -0.487 e. The van der Waals surface area contributed by atoms with Crippen LogP contribution in [0.4, 0.5) is 0 Å². The number of halogens is 1. The normalized spacial score (nSPS) is 12.5. The van der Waals surface area contributed by atoms with E-state index in [1.807, 2.05) is 36.7 Å². The average Bonchev–Trinajstić information content (AvgIpc) is 2.72. The van der Waals surface area contributed by atoms with Crippen molar-refractivity contribution in [3.63, 3.8) is 0 Å². The summed E-state index contributed by atoms with van der Waals surface area (Å²) in [4.78, 5) is 0. The van der Waals surface area contributed by atoms with Gasteiger partial charge in [0, 0.05) is 12.1 Å². The van der Waals surface area contributed by atoms with Crippen molar-refractivity contribution in [3.05, 3.63) is 45.2 Å². The Balaban J connectivity index is 2.25. The minimum atomic E-state index is -0.554. The van der Waals surface area contributed by atoms with Crippen LogP contribution in [0.2, 0.25) is 0 Å². The SMILES string of the molecule is CCn1nc(C)c(Br)c1COc1ccc(C)cc1[C@@H](C)O.